The molecule has 116 valence electrons. The molecule has 6 nitrogen and oxygen atoms in total. The Hall–Kier alpha value is -2.47. The van der Waals surface area contributed by atoms with Gasteiger partial charge in [-0.3, -0.25) is 0 Å². The van der Waals surface area contributed by atoms with E-state index in [4.69, 9.17) is 11.6 Å². The van der Waals surface area contributed by atoms with Crippen LogP contribution in [0, 0.1) is 4.91 Å². The quantitative estimate of drug-likeness (QED) is 0.687. The number of nitrogens with one attached hydrogen (secondary N) is 1. The van der Waals surface area contributed by atoms with Crippen molar-refractivity contribution < 1.29 is 5.11 Å². The Labute approximate surface area is 136 Å². The minimum Gasteiger partial charge on any atom is -0.493 e. The van der Waals surface area contributed by atoms with E-state index in [0.717, 1.165) is 47.9 Å². The molecular formula is C16H13ClN4O2. The zero-order chi connectivity index (χ0) is 16.0. The summed E-state index contributed by atoms with van der Waals surface area (Å²) in [4.78, 5) is 22.6. The number of aromatic nitrogens is 3. The summed E-state index contributed by atoms with van der Waals surface area (Å²) >= 11 is 5.87. The van der Waals surface area contributed by atoms with Crippen LogP contribution in [0.5, 0.6) is 5.88 Å². The molecule has 0 radical (unpaired) electrons. The fraction of sp³-hybridized carbons (Fsp3) is 0.250. The lowest BCUT2D eigenvalue weighted by Crippen LogP contribution is -2.06. The van der Waals surface area contributed by atoms with Gasteiger partial charge in [0.15, 0.2) is 11.5 Å². The molecule has 2 N–H and O–H groups in total. The molecule has 0 spiro atoms. The van der Waals surface area contributed by atoms with Crippen LogP contribution in [0.2, 0.25) is 5.02 Å². The Morgan fingerprint density at radius 3 is 2.57 bits per heavy atom. The van der Waals surface area contributed by atoms with Gasteiger partial charge in [-0.25, -0.2) is 9.97 Å². The van der Waals surface area contributed by atoms with Crippen LogP contribution in [0.1, 0.15) is 24.0 Å². The lowest BCUT2D eigenvalue weighted by Gasteiger charge is -2.20. The Kier molecular flexibility index (Phi) is 3.27. The molecule has 1 aliphatic rings. The number of nitroso groups, excluding NO2 is 1. The predicted molar refractivity (Wildman–Crippen MR) is 88.1 cm³/mol. The molecule has 1 aliphatic carbocycles. The van der Waals surface area contributed by atoms with Crippen LogP contribution < -0.4 is 0 Å². The van der Waals surface area contributed by atoms with Crippen molar-refractivity contribution in [3.63, 3.8) is 0 Å². The second kappa shape index (κ2) is 5.31. The van der Waals surface area contributed by atoms with Crippen LogP contribution in [-0.4, -0.2) is 20.1 Å². The highest BCUT2D eigenvalue weighted by molar-refractivity contribution is 6.30. The van der Waals surface area contributed by atoms with Crippen molar-refractivity contribution in [3.8, 4) is 17.3 Å². The molecule has 0 atom stereocenters. The number of benzene rings is 1. The van der Waals surface area contributed by atoms with Crippen LogP contribution in [-0.2, 0) is 12.8 Å². The van der Waals surface area contributed by atoms with Crippen LogP contribution in [0.25, 0.3) is 22.3 Å². The fourth-order valence-corrected chi connectivity index (χ4v) is 3.42. The Bertz CT molecular complexity index is 918. The van der Waals surface area contributed by atoms with Crippen molar-refractivity contribution in [3.05, 3.63) is 39.5 Å². The van der Waals surface area contributed by atoms with E-state index in [-0.39, 0.29) is 11.6 Å². The summed E-state index contributed by atoms with van der Waals surface area (Å²) in [6.45, 7) is 0. The number of nitrogens with zero attached hydrogens (tertiary/aromatic N) is 3. The van der Waals surface area contributed by atoms with Crippen LogP contribution in [0.4, 0.5) is 5.69 Å². The predicted octanol–water partition coefficient (Wildman–Crippen LogP) is 4.26. The first kappa shape index (κ1) is 14.1. The molecular weight excluding hydrogens is 316 g/mol. The number of fused-ring (bicyclic) bond motifs is 3. The highest BCUT2D eigenvalue weighted by atomic mass is 35.5. The molecule has 0 amide bonds. The van der Waals surface area contributed by atoms with Gasteiger partial charge in [-0.05, 0) is 48.1 Å². The number of aromatic amines is 1. The molecule has 4 rings (SSSR count). The molecule has 1 aromatic carbocycles. The van der Waals surface area contributed by atoms with Gasteiger partial charge in [0.1, 0.15) is 0 Å². The number of halogens is 1. The zero-order valence-electron chi connectivity index (χ0n) is 12.1. The largest absolute Gasteiger partial charge is 0.493 e. The highest BCUT2D eigenvalue weighted by Gasteiger charge is 2.23. The highest BCUT2D eigenvalue weighted by Crippen LogP contribution is 2.42. The number of hydrogen-bond acceptors (Lipinski definition) is 5. The molecule has 0 fully saturated rings. The van der Waals surface area contributed by atoms with Gasteiger partial charge in [-0.15, -0.1) is 4.91 Å². The van der Waals surface area contributed by atoms with E-state index in [1.165, 1.54) is 0 Å². The molecule has 0 aliphatic heterocycles. The van der Waals surface area contributed by atoms with Crippen molar-refractivity contribution >= 4 is 28.2 Å². The average molecular weight is 329 g/mol. The number of hydrogen-bond donors (Lipinski definition) is 2. The van der Waals surface area contributed by atoms with Crippen LogP contribution in [0.15, 0.2) is 23.6 Å². The first-order chi connectivity index (χ1) is 11.2. The third-order valence-corrected chi connectivity index (χ3v) is 4.52. The second-order valence-corrected chi connectivity index (χ2v) is 6.09. The van der Waals surface area contributed by atoms with E-state index in [1.807, 2.05) is 6.07 Å². The van der Waals surface area contributed by atoms with Gasteiger partial charge in [0.25, 0.3) is 0 Å². The molecule has 0 saturated heterocycles. The lowest BCUT2D eigenvalue weighted by molar-refractivity contribution is 0.460. The van der Waals surface area contributed by atoms with Crippen molar-refractivity contribution in [1.82, 2.24) is 15.0 Å². The standard InChI is InChI=1S/C16H13ClN4O2/c17-8-6-18-15(19-7-8)11-5-12-13(20-16(22)14(12)21-23)10-4-2-1-3-9(10)11/h5-7,20,22H,1-4H2. The van der Waals surface area contributed by atoms with Gasteiger partial charge >= 0.3 is 0 Å². The number of rotatable bonds is 2. The third-order valence-electron chi connectivity index (χ3n) is 4.33. The van der Waals surface area contributed by atoms with Gasteiger partial charge in [-0.2, -0.15) is 0 Å². The molecule has 2 aromatic heterocycles. The maximum atomic E-state index is 11.1. The van der Waals surface area contributed by atoms with Crippen LogP contribution in [0.3, 0.4) is 0 Å². The molecule has 2 heterocycles. The van der Waals surface area contributed by atoms with E-state index in [0.29, 0.717) is 16.2 Å². The minimum atomic E-state index is -0.197. The van der Waals surface area contributed by atoms with E-state index in [1.54, 1.807) is 12.4 Å². The zero-order valence-corrected chi connectivity index (χ0v) is 12.9. The fourth-order valence-electron chi connectivity index (χ4n) is 3.32. The Morgan fingerprint density at radius 1 is 1.17 bits per heavy atom. The van der Waals surface area contributed by atoms with Crippen LogP contribution >= 0.6 is 11.6 Å². The molecule has 0 saturated carbocycles. The van der Waals surface area contributed by atoms with Crippen molar-refractivity contribution in [1.29, 1.82) is 0 Å². The van der Waals surface area contributed by atoms with Gasteiger partial charge in [0.2, 0.25) is 5.88 Å². The third kappa shape index (κ3) is 2.17. The number of aryl methyl sites for hydroxylation is 1. The van der Waals surface area contributed by atoms with Crippen molar-refractivity contribution in [2.75, 3.05) is 0 Å². The second-order valence-electron chi connectivity index (χ2n) is 5.65. The molecule has 0 bridgehead atoms. The summed E-state index contributed by atoms with van der Waals surface area (Å²) in [5.41, 5.74) is 3.94. The SMILES string of the molecule is O=Nc1c(O)[nH]c2c3c(c(-c4ncc(Cl)cn4)cc12)CCCC3. The number of aromatic hydroxyl groups is 1. The topological polar surface area (TPSA) is 91.2 Å². The first-order valence-electron chi connectivity index (χ1n) is 7.39. The monoisotopic (exact) mass is 328 g/mol. The summed E-state index contributed by atoms with van der Waals surface area (Å²) in [6.07, 6.45) is 7.05. The molecule has 7 heteroatoms. The normalized spacial score (nSPS) is 14.0. The smallest absolute Gasteiger partial charge is 0.219 e. The maximum absolute atomic E-state index is 11.1. The Balaban J connectivity index is 2.06. The van der Waals surface area contributed by atoms with Gasteiger partial charge in [0, 0.05) is 23.3 Å². The molecule has 23 heavy (non-hydrogen) atoms. The van der Waals surface area contributed by atoms with E-state index < -0.39 is 0 Å². The minimum absolute atomic E-state index is 0.0311. The van der Waals surface area contributed by atoms with E-state index in [2.05, 4.69) is 20.1 Å². The average Bonchev–Trinajstić information content (AvgIpc) is 2.90. The van der Waals surface area contributed by atoms with Gasteiger partial charge < -0.3 is 10.1 Å². The number of H-pyrrole nitrogens is 1. The Morgan fingerprint density at radius 2 is 1.87 bits per heavy atom. The van der Waals surface area contributed by atoms with Crippen molar-refractivity contribution in [2.45, 2.75) is 25.7 Å². The first-order valence-corrected chi connectivity index (χ1v) is 7.77. The summed E-state index contributed by atoms with van der Waals surface area (Å²) in [7, 11) is 0. The summed E-state index contributed by atoms with van der Waals surface area (Å²) in [6, 6.07) is 1.83. The molecule has 0 unspecified atom stereocenters. The van der Waals surface area contributed by atoms with Gasteiger partial charge in [-0.1, -0.05) is 11.6 Å². The molecule has 3 aromatic rings. The van der Waals surface area contributed by atoms with E-state index in [9.17, 15) is 10.0 Å². The van der Waals surface area contributed by atoms with Crippen molar-refractivity contribution in [2.24, 2.45) is 5.18 Å². The van der Waals surface area contributed by atoms with Gasteiger partial charge in [0.05, 0.1) is 10.5 Å². The summed E-state index contributed by atoms with van der Waals surface area (Å²) in [5, 5.41) is 14.0. The van der Waals surface area contributed by atoms with E-state index >= 15 is 0 Å². The summed E-state index contributed by atoms with van der Waals surface area (Å²) < 4.78 is 0. The lowest BCUT2D eigenvalue weighted by atomic mass is 9.86. The maximum Gasteiger partial charge on any atom is 0.219 e. The summed E-state index contributed by atoms with van der Waals surface area (Å²) in [5.74, 6) is 0.365.